The fraction of sp³-hybridized carbons (Fsp3) is 0.190. The minimum absolute atomic E-state index is 0.151. The van der Waals surface area contributed by atoms with Gasteiger partial charge in [0.1, 0.15) is 11.5 Å². The van der Waals surface area contributed by atoms with Gasteiger partial charge in [-0.25, -0.2) is 18.4 Å². The summed E-state index contributed by atoms with van der Waals surface area (Å²) >= 11 is 0. The molecule has 6 rings (SSSR count). The van der Waals surface area contributed by atoms with E-state index >= 15 is 0 Å². The van der Waals surface area contributed by atoms with Gasteiger partial charge in [-0.2, -0.15) is 5.10 Å². The highest BCUT2D eigenvalue weighted by Crippen LogP contribution is 2.57. The Labute approximate surface area is 163 Å². The van der Waals surface area contributed by atoms with Crippen LogP contribution < -0.4 is 5.32 Å². The number of aromatic amines is 1. The molecule has 2 atom stereocenters. The quantitative estimate of drug-likeness (QED) is 0.556. The number of amides is 1. The summed E-state index contributed by atoms with van der Waals surface area (Å²) in [6.07, 6.45) is 1.75. The summed E-state index contributed by atoms with van der Waals surface area (Å²) in [6, 6.07) is 10.8. The van der Waals surface area contributed by atoms with Crippen molar-refractivity contribution in [3.63, 3.8) is 0 Å². The zero-order valence-electron chi connectivity index (χ0n) is 15.1. The largest absolute Gasteiger partial charge is 0.324 e. The Bertz CT molecular complexity index is 1270. The monoisotopic (exact) mass is 391 g/mol. The Morgan fingerprint density at radius 3 is 2.90 bits per heavy atom. The molecule has 2 aromatic carbocycles. The van der Waals surface area contributed by atoms with Crippen molar-refractivity contribution < 1.29 is 13.6 Å². The summed E-state index contributed by atoms with van der Waals surface area (Å²) < 4.78 is 29.2. The number of imidazole rings is 1. The van der Waals surface area contributed by atoms with Crippen LogP contribution in [0.4, 0.5) is 14.7 Å². The summed E-state index contributed by atoms with van der Waals surface area (Å²) in [5.74, 6) is -0.686. The molecular formula is C21H15F2N5O. The van der Waals surface area contributed by atoms with Crippen LogP contribution in [0, 0.1) is 17.6 Å². The smallest absolute Gasteiger partial charge is 0.278 e. The highest BCUT2D eigenvalue weighted by molar-refractivity contribution is 6.04. The second-order valence-corrected chi connectivity index (χ2v) is 7.58. The van der Waals surface area contributed by atoms with Crippen LogP contribution in [0.15, 0.2) is 42.5 Å². The Morgan fingerprint density at radius 1 is 1.21 bits per heavy atom. The van der Waals surface area contributed by atoms with Crippen LogP contribution >= 0.6 is 0 Å². The van der Waals surface area contributed by atoms with E-state index in [0.717, 1.165) is 41.2 Å². The average Bonchev–Trinajstić information content (AvgIpc) is 3.02. The van der Waals surface area contributed by atoms with Crippen LogP contribution in [0.2, 0.25) is 0 Å². The lowest BCUT2D eigenvalue weighted by atomic mass is 10.1. The second kappa shape index (κ2) is 5.73. The van der Waals surface area contributed by atoms with Crippen LogP contribution in [0.25, 0.3) is 16.7 Å². The number of carbonyl (C=O) groups excluding carboxylic acids is 1. The number of para-hydroxylation sites is 2. The fourth-order valence-electron chi connectivity index (χ4n) is 4.31. The third kappa shape index (κ3) is 2.48. The number of nitrogens with zero attached hydrogens (tertiary/aromatic N) is 3. The van der Waals surface area contributed by atoms with Crippen molar-refractivity contribution in [2.75, 3.05) is 5.32 Å². The average molecular weight is 391 g/mol. The molecule has 2 N–H and O–H groups in total. The topological polar surface area (TPSA) is 75.6 Å². The molecule has 0 aliphatic heterocycles. The number of aromatic nitrogens is 4. The van der Waals surface area contributed by atoms with E-state index < -0.39 is 17.5 Å². The van der Waals surface area contributed by atoms with Gasteiger partial charge in [-0.15, -0.1) is 0 Å². The van der Waals surface area contributed by atoms with Crippen molar-refractivity contribution in [3.05, 3.63) is 71.1 Å². The maximum Gasteiger partial charge on any atom is 0.278 e. The molecule has 8 heteroatoms. The van der Waals surface area contributed by atoms with Gasteiger partial charge in [-0.3, -0.25) is 10.1 Å². The van der Waals surface area contributed by atoms with E-state index in [2.05, 4.69) is 20.4 Å². The van der Waals surface area contributed by atoms with Crippen molar-refractivity contribution in [3.8, 4) is 5.69 Å². The van der Waals surface area contributed by atoms with Crippen LogP contribution in [-0.4, -0.2) is 25.7 Å². The van der Waals surface area contributed by atoms with Crippen molar-refractivity contribution in [2.24, 2.45) is 5.92 Å². The molecule has 4 aromatic rings. The summed E-state index contributed by atoms with van der Waals surface area (Å²) in [5, 5.41) is 7.18. The van der Waals surface area contributed by atoms with Gasteiger partial charge >= 0.3 is 0 Å². The van der Waals surface area contributed by atoms with E-state index in [1.54, 1.807) is 0 Å². The molecule has 2 aliphatic rings. The highest BCUT2D eigenvalue weighted by Gasteiger charge is 2.50. The first-order valence-corrected chi connectivity index (χ1v) is 9.42. The minimum atomic E-state index is -0.705. The van der Waals surface area contributed by atoms with Gasteiger partial charge in [-0.05, 0) is 43.0 Å². The molecule has 1 amide bonds. The fourth-order valence-corrected chi connectivity index (χ4v) is 4.31. The molecule has 0 bridgehead atoms. The summed E-state index contributed by atoms with van der Waals surface area (Å²) in [7, 11) is 0. The molecule has 1 saturated carbocycles. The van der Waals surface area contributed by atoms with Crippen molar-refractivity contribution in [1.82, 2.24) is 19.7 Å². The zero-order valence-corrected chi connectivity index (χ0v) is 15.1. The lowest BCUT2D eigenvalue weighted by Gasteiger charge is -2.07. The van der Waals surface area contributed by atoms with Crippen molar-refractivity contribution in [1.29, 1.82) is 0 Å². The molecule has 0 saturated heterocycles. The van der Waals surface area contributed by atoms with Gasteiger partial charge < -0.3 is 4.98 Å². The van der Waals surface area contributed by atoms with E-state index in [0.29, 0.717) is 11.9 Å². The maximum absolute atomic E-state index is 14.4. The third-order valence-corrected chi connectivity index (χ3v) is 5.74. The van der Waals surface area contributed by atoms with Gasteiger partial charge in [0.15, 0.2) is 11.5 Å². The van der Waals surface area contributed by atoms with E-state index in [1.807, 2.05) is 24.3 Å². The minimum Gasteiger partial charge on any atom is -0.324 e. The first-order chi connectivity index (χ1) is 14.1. The SMILES string of the molecule is O=C(Nc1nc2ccccc2[nH]1)c1nn(-c2ccc(F)cc2F)c2c1C[C@H]1C[C@@H]21. The molecule has 2 heterocycles. The highest BCUT2D eigenvalue weighted by atomic mass is 19.1. The molecule has 0 unspecified atom stereocenters. The molecule has 1 fully saturated rings. The van der Waals surface area contributed by atoms with Gasteiger partial charge in [0.2, 0.25) is 5.95 Å². The predicted octanol–water partition coefficient (Wildman–Crippen LogP) is 3.94. The molecule has 29 heavy (non-hydrogen) atoms. The molecule has 0 radical (unpaired) electrons. The van der Waals surface area contributed by atoms with Gasteiger partial charge in [0.05, 0.1) is 16.7 Å². The Hall–Kier alpha value is -3.55. The lowest BCUT2D eigenvalue weighted by molar-refractivity contribution is 0.102. The summed E-state index contributed by atoms with van der Waals surface area (Å²) in [6.45, 7) is 0. The Kier molecular flexibility index (Phi) is 3.24. The number of anilines is 1. The standard InChI is InChI=1S/C21H15F2N5O/c22-11-5-6-17(14(23)9-11)28-19-12-7-10(12)8-13(19)18(27-28)20(29)26-21-24-15-3-1-2-4-16(15)25-21/h1-6,9-10,12H,7-8H2,(H2,24,25,26,29)/t10-,12-/m1/s1. The van der Waals surface area contributed by atoms with E-state index in [1.165, 1.54) is 16.8 Å². The van der Waals surface area contributed by atoms with Crippen LogP contribution in [-0.2, 0) is 6.42 Å². The molecule has 2 aliphatic carbocycles. The van der Waals surface area contributed by atoms with Crippen LogP contribution in [0.3, 0.4) is 0 Å². The van der Waals surface area contributed by atoms with Crippen molar-refractivity contribution >= 4 is 22.9 Å². The van der Waals surface area contributed by atoms with E-state index in [4.69, 9.17) is 0 Å². The van der Waals surface area contributed by atoms with Crippen LogP contribution in [0.5, 0.6) is 0 Å². The Balaban J connectivity index is 1.40. The molecule has 144 valence electrons. The first kappa shape index (κ1) is 16.4. The first-order valence-electron chi connectivity index (χ1n) is 9.42. The Morgan fingerprint density at radius 2 is 2.07 bits per heavy atom. The van der Waals surface area contributed by atoms with E-state index in [-0.39, 0.29) is 17.3 Å². The maximum atomic E-state index is 14.4. The number of nitrogens with one attached hydrogen (secondary N) is 2. The number of halogens is 2. The predicted molar refractivity (Wildman–Crippen MR) is 102 cm³/mol. The second-order valence-electron chi connectivity index (χ2n) is 7.58. The van der Waals surface area contributed by atoms with Crippen LogP contribution in [0.1, 0.15) is 34.1 Å². The summed E-state index contributed by atoms with van der Waals surface area (Å²) in [4.78, 5) is 20.4. The molecule has 0 spiro atoms. The molecular weight excluding hydrogens is 376 g/mol. The normalized spacial score (nSPS) is 19.2. The number of fused-ring (bicyclic) bond motifs is 4. The molecule has 6 nitrogen and oxygen atoms in total. The number of hydrogen-bond donors (Lipinski definition) is 2. The zero-order chi connectivity index (χ0) is 19.7. The number of H-pyrrole nitrogens is 1. The van der Waals surface area contributed by atoms with E-state index in [9.17, 15) is 13.6 Å². The van der Waals surface area contributed by atoms with Gasteiger partial charge in [0, 0.05) is 17.5 Å². The summed E-state index contributed by atoms with van der Waals surface area (Å²) in [5.41, 5.74) is 3.66. The number of hydrogen-bond acceptors (Lipinski definition) is 3. The van der Waals surface area contributed by atoms with Gasteiger partial charge in [0.25, 0.3) is 5.91 Å². The van der Waals surface area contributed by atoms with Gasteiger partial charge in [-0.1, -0.05) is 12.1 Å². The van der Waals surface area contributed by atoms with Crippen molar-refractivity contribution in [2.45, 2.75) is 18.8 Å². The number of carbonyl (C=O) groups is 1. The lowest BCUT2D eigenvalue weighted by Crippen LogP contribution is -2.16. The number of rotatable bonds is 3. The molecule has 2 aromatic heterocycles. The third-order valence-electron chi connectivity index (χ3n) is 5.74. The number of benzene rings is 2.